The second-order valence-electron chi connectivity index (χ2n) is 8.95. The van der Waals surface area contributed by atoms with Crippen molar-refractivity contribution >= 4 is 0 Å². The summed E-state index contributed by atoms with van der Waals surface area (Å²) >= 11 is 0. The lowest BCUT2D eigenvalue weighted by Crippen LogP contribution is -2.47. The van der Waals surface area contributed by atoms with Crippen LogP contribution in [-0.2, 0) is 0 Å². The Bertz CT molecular complexity index is 857. The van der Waals surface area contributed by atoms with Crippen LogP contribution in [0.3, 0.4) is 0 Å². The molecule has 2 heteroatoms. The molecule has 2 aliphatic carbocycles. The predicted octanol–water partition coefficient (Wildman–Crippen LogP) is 6.91. The molecule has 0 fully saturated rings. The molecule has 0 aromatic heterocycles. The fourth-order valence-corrected chi connectivity index (χ4v) is 5.19. The van der Waals surface area contributed by atoms with E-state index < -0.39 is 0 Å². The number of hydrogen-bond donors (Lipinski definition) is 1. The van der Waals surface area contributed by atoms with Crippen LogP contribution >= 0.6 is 0 Å². The second-order valence-corrected chi connectivity index (χ2v) is 8.95. The van der Waals surface area contributed by atoms with E-state index >= 15 is 0 Å². The van der Waals surface area contributed by atoms with E-state index in [0.717, 1.165) is 25.8 Å². The van der Waals surface area contributed by atoms with E-state index in [4.69, 9.17) is 5.73 Å². The Morgan fingerprint density at radius 2 is 1.97 bits per heavy atom. The summed E-state index contributed by atoms with van der Waals surface area (Å²) in [6, 6.07) is 0.920. The Hall–Kier alpha value is -2.06. The van der Waals surface area contributed by atoms with Gasteiger partial charge < -0.3 is 5.73 Å². The van der Waals surface area contributed by atoms with Crippen LogP contribution in [0.4, 0.5) is 0 Å². The normalized spacial score (nSPS) is 31.3. The third kappa shape index (κ3) is 4.64. The summed E-state index contributed by atoms with van der Waals surface area (Å²) in [5, 5.41) is 0. The van der Waals surface area contributed by atoms with Gasteiger partial charge in [-0.15, -0.1) is 0 Å². The molecule has 0 spiro atoms. The van der Waals surface area contributed by atoms with E-state index in [2.05, 4.69) is 76.0 Å². The average molecular weight is 405 g/mol. The molecule has 0 radical (unpaired) electrons. The van der Waals surface area contributed by atoms with Gasteiger partial charge in [-0.2, -0.15) is 0 Å². The van der Waals surface area contributed by atoms with Gasteiger partial charge in [-0.05, 0) is 98.9 Å². The topological polar surface area (TPSA) is 29.3 Å². The van der Waals surface area contributed by atoms with Gasteiger partial charge in [0.15, 0.2) is 0 Å². The van der Waals surface area contributed by atoms with Crippen molar-refractivity contribution in [2.75, 3.05) is 6.54 Å². The van der Waals surface area contributed by atoms with Crippen molar-refractivity contribution in [3.8, 4) is 0 Å². The first-order valence-corrected chi connectivity index (χ1v) is 11.8. The zero-order valence-corrected chi connectivity index (χ0v) is 19.7. The van der Waals surface area contributed by atoms with Gasteiger partial charge in [0.2, 0.25) is 0 Å². The summed E-state index contributed by atoms with van der Waals surface area (Å²) in [5.41, 5.74) is 16.0. The van der Waals surface area contributed by atoms with Gasteiger partial charge in [0.25, 0.3) is 0 Å². The first kappa shape index (κ1) is 22.6. The Morgan fingerprint density at radius 3 is 2.60 bits per heavy atom. The molecule has 0 aromatic rings. The minimum atomic E-state index is 0.423. The van der Waals surface area contributed by atoms with Crippen LogP contribution in [0.2, 0.25) is 0 Å². The first-order chi connectivity index (χ1) is 14.5. The molecule has 30 heavy (non-hydrogen) atoms. The quantitative estimate of drug-likeness (QED) is 0.505. The fraction of sp³-hybridized carbons (Fsp3) is 0.500. The van der Waals surface area contributed by atoms with Crippen LogP contribution in [0.5, 0.6) is 0 Å². The summed E-state index contributed by atoms with van der Waals surface area (Å²) < 4.78 is 0. The minimum Gasteiger partial charge on any atom is -0.404 e. The number of rotatable bonds is 5. The monoisotopic (exact) mass is 404 g/mol. The highest BCUT2D eigenvalue weighted by Crippen LogP contribution is 2.39. The number of nitrogens with two attached hydrogens (primary N) is 1. The van der Waals surface area contributed by atoms with Gasteiger partial charge in [-0.25, -0.2) is 0 Å². The van der Waals surface area contributed by atoms with Crippen molar-refractivity contribution < 1.29 is 0 Å². The Labute approximate surface area is 184 Å². The Balaban J connectivity index is 2.23. The molecular formula is C28H40N2. The maximum Gasteiger partial charge on any atom is 0.0397 e. The summed E-state index contributed by atoms with van der Waals surface area (Å²) in [5.74, 6) is 0. The van der Waals surface area contributed by atoms with E-state index in [1.807, 2.05) is 6.20 Å². The predicted molar refractivity (Wildman–Crippen MR) is 131 cm³/mol. The van der Waals surface area contributed by atoms with Crippen molar-refractivity contribution in [3.63, 3.8) is 0 Å². The second kappa shape index (κ2) is 10.3. The van der Waals surface area contributed by atoms with Crippen molar-refractivity contribution in [2.45, 2.75) is 85.2 Å². The van der Waals surface area contributed by atoms with Crippen LogP contribution in [-0.4, -0.2) is 23.5 Å². The van der Waals surface area contributed by atoms with Crippen molar-refractivity contribution in [2.24, 2.45) is 5.73 Å². The van der Waals surface area contributed by atoms with Gasteiger partial charge >= 0.3 is 0 Å². The van der Waals surface area contributed by atoms with Gasteiger partial charge in [-0.3, -0.25) is 4.90 Å². The molecule has 1 aliphatic heterocycles. The van der Waals surface area contributed by atoms with E-state index in [1.54, 1.807) is 0 Å². The number of hydrogen-bond acceptors (Lipinski definition) is 2. The molecule has 0 aromatic carbocycles. The average Bonchev–Trinajstić information content (AvgIpc) is 2.76. The number of allylic oxidation sites excluding steroid dienone is 7. The van der Waals surface area contributed by atoms with Crippen LogP contribution in [0.25, 0.3) is 0 Å². The largest absolute Gasteiger partial charge is 0.404 e. The summed E-state index contributed by atoms with van der Waals surface area (Å²) in [7, 11) is 0. The third-order valence-electron chi connectivity index (χ3n) is 7.00. The molecule has 0 saturated heterocycles. The van der Waals surface area contributed by atoms with E-state index in [9.17, 15) is 0 Å². The van der Waals surface area contributed by atoms with Gasteiger partial charge in [0.1, 0.15) is 0 Å². The van der Waals surface area contributed by atoms with Crippen molar-refractivity contribution in [1.29, 1.82) is 0 Å². The highest BCUT2D eigenvalue weighted by molar-refractivity contribution is 5.58. The molecule has 0 bridgehead atoms. The molecule has 2 nitrogen and oxygen atoms in total. The fourth-order valence-electron chi connectivity index (χ4n) is 5.19. The van der Waals surface area contributed by atoms with Crippen LogP contribution in [0.1, 0.15) is 73.1 Å². The molecule has 3 aliphatic rings. The van der Waals surface area contributed by atoms with Crippen LogP contribution in [0, 0.1) is 0 Å². The lowest BCUT2D eigenvalue weighted by Gasteiger charge is -2.43. The molecule has 2 N–H and O–H groups in total. The molecule has 1 heterocycles. The molecular weight excluding hydrogens is 364 g/mol. The van der Waals surface area contributed by atoms with E-state index in [-0.39, 0.29) is 0 Å². The lowest BCUT2D eigenvalue weighted by molar-refractivity contribution is 0.182. The van der Waals surface area contributed by atoms with Gasteiger partial charge in [0.05, 0.1) is 0 Å². The Morgan fingerprint density at radius 1 is 1.17 bits per heavy atom. The Kier molecular flexibility index (Phi) is 7.77. The molecule has 0 saturated carbocycles. The zero-order chi connectivity index (χ0) is 21.7. The molecule has 0 amide bonds. The van der Waals surface area contributed by atoms with Gasteiger partial charge in [0, 0.05) is 18.6 Å². The molecule has 3 rings (SSSR count). The third-order valence-corrected chi connectivity index (χ3v) is 7.00. The summed E-state index contributed by atoms with van der Waals surface area (Å²) in [6.07, 6.45) is 22.9. The summed E-state index contributed by atoms with van der Waals surface area (Å²) in [4.78, 5) is 2.76. The highest BCUT2D eigenvalue weighted by atomic mass is 15.2. The van der Waals surface area contributed by atoms with Crippen molar-refractivity contribution in [3.05, 3.63) is 81.7 Å². The SMILES string of the molecule is CC\C=C/C1=C(/C)C2=CC=C(C)CC2N(C2C=CCCC2)CC(/C(=C/N)CC)=C\1C. The van der Waals surface area contributed by atoms with Crippen LogP contribution < -0.4 is 5.73 Å². The minimum absolute atomic E-state index is 0.423. The zero-order valence-electron chi connectivity index (χ0n) is 19.7. The molecule has 2 atom stereocenters. The molecule has 162 valence electrons. The maximum atomic E-state index is 6.14. The lowest BCUT2D eigenvalue weighted by atomic mass is 9.80. The van der Waals surface area contributed by atoms with E-state index in [1.165, 1.54) is 58.3 Å². The smallest absolute Gasteiger partial charge is 0.0397 e. The van der Waals surface area contributed by atoms with E-state index in [0.29, 0.717) is 12.1 Å². The molecule has 2 unspecified atom stereocenters. The first-order valence-electron chi connectivity index (χ1n) is 11.8. The number of fused-ring (bicyclic) bond motifs is 1. The summed E-state index contributed by atoms with van der Waals surface area (Å²) in [6.45, 7) is 12.3. The highest BCUT2D eigenvalue weighted by Gasteiger charge is 2.34. The van der Waals surface area contributed by atoms with Crippen LogP contribution in [0.15, 0.2) is 81.7 Å². The standard InChI is InChI=1S/C28H40N2/c1-6-8-14-25-21(4)26-16-15-20(3)17-28(26)30(24-12-10-9-11-13-24)19-27(22(25)5)23(7-2)18-29/h8,10,12,14-16,18,24,28H,6-7,9,11,13,17,19,29H2,1-5H3/b14-8-,23-18+,25-21+,27-22+. The number of nitrogens with zero attached hydrogens (tertiary/aromatic N) is 1. The maximum absolute atomic E-state index is 6.14. The van der Waals surface area contributed by atoms with Crippen molar-refractivity contribution in [1.82, 2.24) is 4.90 Å². The van der Waals surface area contributed by atoms with Gasteiger partial charge in [-0.1, -0.05) is 55.9 Å².